The Morgan fingerprint density at radius 2 is 1.93 bits per heavy atom. The highest BCUT2D eigenvalue weighted by Crippen LogP contribution is 2.38. The van der Waals surface area contributed by atoms with E-state index in [9.17, 15) is 5.11 Å². The second-order valence-corrected chi connectivity index (χ2v) is 5.11. The average Bonchev–Trinajstić information content (AvgIpc) is 2.65. The smallest absolute Gasteiger partial charge is 0.0818 e. The molecule has 3 unspecified atom stereocenters. The molecule has 1 N–H and O–H groups in total. The van der Waals surface area contributed by atoms with Crippen LogP contribution in [0.1, 0.15) is 37.9 Å². The summed E-state index contributed by atoms with van der Waals surface area (Å²) in [5.41, 5.74) is 0.999. The molecular weight excluding hydrogens is 208 g/mol. The second-order valence-electron chi connectivity index (χ2n) is 4.67. The van der Waals surface area contributed by atoms with Gasteiger partial charge in [0.15, 0.2) is 0 Å². The lowest BCUT2D eigenvalue weighted by Gasteiger charge is -2.18. The third kappa shape index (κ3) is 2.53. The van der Waals surface area contributed by atoms with Gasteiger partial charge in [0, 0.05) is 5.02 Å². The van der Waals surface area contributed by atoms with E-state index in [1.807, 2.05) is 24.3 Å². The normalized spacial score (nSPS) is 27.9. The summed E-state index contributed by atoms with van der Waals surface area (Å²) >= 11 is 5.82. The van der Waals surface area contributed by atoms with Crippen LogP contribution in [0.5, 0.6) is 0 Å². The summed E-state index contributed by atoms with van der Waals surface area (Å²) in [5, 5.41) is 10.9. The molecule has 1 nitrogen and oxygen atoms in total. The number of hydrogen-bond donors (Lipinski definition) is 1. The van der Waals surface area contributed by atoms with Crippen LogP contribution in [0.15, 0.2) is 24.3 Å². The molecule has 0 heterocycles. The zero-order chi connectivity index (χ0) is 10.8. The molecule has 0 spiro atoms. The lowest BCUT2D eigenvalue weighted by atomic mass is 9.94. The van der Waals surface area contributed by atoms with Gasteiger partial charge in [-0.05, 0) is 42.4 Å². The van der Waals surface area contributed by atoms with Gasteiger partial charge in [-0.15, -0.1) is 0 Å². The SMILES string of the molecule is CC1CCC(C(O)c2ccc(Cl)cc2)C1. The van der Waals surface area contributed by atoms with E-state index in [1.54, 1.807) is 0 Å². The molecule has 1 aliphatic carbocycles. The van der Waals surface area contributed by atoms with Crippen molar-refractivity contribution in [2.24, 2.45) is 11.8 Å². The molecule has 0 radical (unpaired) electrons. The van der Waals surface area contributed by atoms with E-state index in [0.29, 0.717) is 5.92 Å². The van der Waals surface area contributed by atoms with Crippen LogP contribution in [0, 0.1) is 11.8 Å². The Labute approximate surface area is 96.1 Å². The Morgan fingerprint density at radius 3 is 2.47 bits per heavy atom. The van der Waals surface area contributed by atoms with Gasteiger partial charge in [-0.3, -0.25) is 0 Å². The van der Waals surface area contributed by atoms with Gasteiger partial charge >= 0.3 is 0 Å². The van der Waals surface area contributed by atoms with Gasteiger partial charge < -0.3 is 5.11 Å². The zero-order valence-corrected chi connectivity index (χ0v) is 9.74. The van der Waals surface area contributed by atoms with Gasteiger partial charge in [-0.1, -0.05) is 37.1 Å². The summed E-state index contributed by atoms with van der Waals surface area (Å²) in [6, 6.07) is 7.54. The lowest BCUT2D eigenvalue weighted by Crippen LogP contribution is -2.09. The van der Waals surface area contributed by atoms with Gasteiger partial charge in [-0.2, -0.15) is 0 Å². The van der Waals surface area contributed by atoms with E-state index < -0.39 is 0 Å². The van der Waals surface area contributed by atoms with Crippen LogP contribution in [0.3, 0.4) is 0 Å². The van der Waals surface area contributed by atoms with Gasteiger partial charge in [0.1, 0.15) is 0 Å². The quantitative estimate of drug-likeness (QED) is 0.810. The Kier molecular flexibility index (Phi) is 3.32. The molecule has 82 valence electrons. The predicted molar refractivity (Wildman–Crippen MR) is 62.9 cm³/mol. The standard InChI is InChI=1S/C13H17ClO/c1-9-2-3-11(8-9)13(15)10-4-6-12(14)7-5-10/h4-7,9,11,13,15H,2-3,8H2,1H3. The maximum atomic E-state index is 10.2. The lowest BCUT2D eigenvalue weighted by molar-refractivity contribution is 0.109. The summed E-state index contributed by atoms with van der Waals surface area (Å²) < 4.78 is 0. The number of hydrogen-bond acceptors (Lipinski definition) is 1. The first kappa shape index (κ1) is 11.0. The summed E-state index contributed by atoms with van der Waals surface area (Å²) in [4.78, 5) is 0. The molecule has 2 heteroatoms. The van der Waals surface area contributed by atoms with Crippen LogP contribution < -0.4 is 0 Å². The predicted octanol–water partition coefficient (Wildman–Crippen LogP) is 3.81. The zero-order valence-electron chi connectivity index (χ0n) is 8.99. The molecule has 1 aromatic rings. The highest BCUT2D eigenvalue weighted by atomic mass is 35.5. The number of aliphatic hydroxyl groups is 1. The van der Waals surface area contributed by atoms with Crippen molar-refractivity contribution in [3.05, 3.63) is 34.9 Å². The Balaban J connectivity index is 2.07. The molecule has 3 atom stereocenters. The van der Waals surface area contributed by atoms with Crippen molar-refractivity contribution in [1.82, 2.24) is 0 Å². The first-order valence-corrected chi connectivity index (χ1v) is 5.98. The van der Waals surface area contributed by atoms with Crippen LogP contribution in [0.2, 0.25) is 5.02 Å². The minimum Gasteiger partial charge on any atom is -0.388 e. The van der Waals surface area contributed by atoms with Gasteiger partial charge in [0.05, 0.1) is 6.10 Å². The highest BCUT2D eigenvalue weighted by molar-refractivity contribution is 6.30. The number of rotatable bonds is 2. The summed E-state index contributed by atoms with van der Waals surface area (Å²) in [7, 11) is 0. The molecule has 15 heavy (non-hydrogen) atoms. The molecule has 0 saturated heterocycles. The van der Waals surface area contributed by atoms with Crippen LogP contribution in [-0.4, -0.2) is 5.11 Å². The number of benzene rings is 1. The third-order valence-electron chi connectivity index (χ3n) is 3.39. The number of aliphatic hydroxyl groups excluding tert-OH is 1. The fraction of sp³-hybridized carbons (Fsp3) is 0.538. The van der Waals surface area contributed by atoms with Gasteiger partial charge in [-0.25, -0.2) is 0 Å². The Bertz CT molecular complexity index is 320. The van der Waals surface area contributed by atoms with Crippen molar-refractivity contribution >= 4 is 11.6 Å². The van der Waals surface area contributed by atoms with Crippen molar-refractivity contribution in [2.45, 2.75) is 32.3 Å². The maximum Gasteiger partial charge on any atom is 0.0818 e. The first-order chi connectivity index (χ1) is 7.16. The minimum absolute atomic E-state index is 0.313. The molecule has 0 aromatic heterocycles. The number of halogens is 1. The highest BCUT2D eigenvalue weighted by Gasteiger charge is 2.28. The van der Waals surface area contributed by atoms with Crippen LogP contribution in [0.4, 0.5) is 0 Å². The second kappa shape index (κ2) is 4.54. The summed E-state index contributed by atoms with van der Waals surface area (Å²) in [6.07, 6.45) is 3.22. The fourth-order valence-electron chi connectivity index (χ4n) is 2.47. The van der Waals surface area contributed by atoms with Gasteiger partial charge in [0.25, 0.3) is 0 Å². The molecule has 1 aliphatic rings. The van der Waals surface area contributed by atoms with E-state index in [4.69, 9.17) is 11.6 Å². The molecule has 0 amide bonds. The third-order valence-corrected chi connectivity index (χ3v) is 3.65. The Morgan fingerprint density at radius 1 is 1.27 bits per heavy atom. The van der Waals surface area contributed by atoms with Gasteiger partial charge in [0.2, 0.25) is 0 Å². The maximum absolute atomic E-state index is 10.2. The minimum atomic E-state index is -0.313. The van der Waals surface area contributed by atoms with Crippen molar-refractivity contribution in [3.63, 3.8) is 0 Å². The van der Waals surface area contributed by atoms with Crippen molar-refractivity contribution < 1.29 is 5.11 Å². The average molecular weight is 225 g/mol. The Hall–Kier alpha value is -0.530. The largest absolute Gasteiger partial charge is 0.388 e. The monoisotopic (exact) mass is 224 g/mol. The summed E-state index contributed by atoms with van der Waals surface area (Å²) in [5.74, 6) is 1.19. The molecular formula is C13H17ClO. The molecule has 1 fully saturated rings. The first-order valence-electron chi connectivity index (χ1n) is 5.60. The molecule has 0 bridgehead atoms. The van der Waals surface area contributed by atoms with E-state index >= 15 is 0 Å². The van der Waals surface area contributed by atoms with Crippen molar-refractivity contribution in [1.29, 1.82) is 0 Å². The van der Waals surface area contributed by atoms with E-state index in [1.165, 1.54) is 6.42 Å². The van der Waals surface area contributed by atoms with E-state index in [-0.39, 0.29) is 6.10 Å². The van der Waals surface area contributed by atoms with Crippen LogP contribution >= 0.6 is 11.6 Å². The molecule has 1 saturated carbocycles. The van der Waals surface area contributed by atoms with Crippen LogP contribution in [0.25, 0.3) is 0 Å². The van der Waals surface area contributed by atoms with Crippen molar-refractivity contribution in [2.75, 3.05) is 0 Å². The molecule has 1 aromatic carbocycles. The summed E-state index contributed by atoms with van der Waals surface area (Å²) in [6.45, 7) is 2.26. The molecule has 0 aliphatic heterocycles. The fourth-order valence-corrected chi connectivity index (χ4v) is 2.60. The topological polar surface area (TPSA) is 20.2 Å². The molecule has 2 rings (SSSR count). The van der Waals surface area contributed by atoms with Crippen molar-refractivity contribution in [3.8, 4) is 0 Å². The van der Waals surface area contributed by atoms with E-state index in [0.717, 1.165) is 29.3 Å². The van der Waals surface area contributed by atoms with Crippen LogP contribution in [-0.2, 0) is 0 Å². The van der Waals surface area contributed by atoms with E-state index in [2.05, 4.69) is 6.92 Å².